The molecule has 0 aliphatic rings. The Labute approximate surface area is 351 Å². The standard InChI is InChI=1S/2C21H20FN5O2S/c1-28-15-7-8-16(29-2)17(11-15)30-21-25-18-19(23)24-12-27(20(18)26-21)10-9-13-3-5-14(22)6-4-13;1-28-15-7-8-16(29-2)17(11-15)30-21-26-18-19(23)24-12-25-20(18)27(21)10-9-13-3-5-14(22)6-4-13/h3-8,11-12,23H,9-10H2,1-2H3,(H,25,26);3-8,11-12H,9-10H2,1-2H3,(H2,23,24,25). The lowest BCUT2D eigenvalue weighted by Gasteiger charge is -2.12. The second-order valence-electron chi connectivity index (χ2n) is 13.0. The normalized spacial score (nSPS) is 11.0. The Morgan fingerprint density at radius 3 is 1.85 bits per heavy atom. The molecule has 0 spiro atoms. The second-order valence-corrected chi connectivity index (χ2v) is 15.0. The first-order valence-corrected chi connectivity index (χ1v) is 20.0. The molecule has 0 saturated carbocycles. The van der Waals surface area contributed by atoms with Gasteiger partial charge in [-0.15, -0.1) is 0 Å². The molecule has 0 fully saturated rings. The molecule has 4 heterocycles. The van der Waals surface area contributed by atoms with Gasteiger partial charge in [-0.1, -0.05) is 24.3 Å². The first kappa shape index (κ1) is 41.5. The molecular weight excluding hydrogens is 811 g/mol. The van der Waals surface area contributed by atoms with Gasteiger partial charge in [0.25, 0.3) is 0 Å². The Balaban J connectivity index is 0.000000181. The number of ether oxygens (including phenoxy) is 4. The molecule has 18 heteroatoms. The highest BCUT2D eigenvalue weighted by atomic mass is 32.2. The van der Waals surface area contributed by atoms with Crippen LogP contribution in [-0.2, 0) is 25.9 Å². The fraction of sp³-hybridized carbons (Fsp3) is 0.190. The highest BCUT2D eigenvalue weighted by Crippen LogP contribution is 2.39. The first-order chi connectivity index (χ1) is 29.2. The molecule has 8 rings (SSSR count). The molecule has 0 bridgehead atoms. The lowest BCUT2D eigenvalue weighted by molar-refractivity contribution is 0.394. The summed E-state index contributed by atoms with van der Waals surface area (Å²) in [7, 11) is 6.45. The van der Waals surface area contributed by atoms with Gasteiger partial charge >= 0.3 is 0 Å². The van der Waals surface area contributed by atoms with E-state index in [9.17, 15) is 8.78 Å². The molecule has 60 heavy (non-hydrogen) atoms. The van der Waals surface area contributed by atoms with Gasteiger partial charge in [0.1, 0.15) is 46.5 Å². The molecular formula is C42H40F2N10O4S2. The van der Waals surface area contributed by atoms with E-state index in [1.165, 1.54) is 54.1 Å². The van der Waals surface area contributed by atoms with Gasteiger partial charge in [-0.25, -0.2) is 33.7 Å². The minimum Gasteiger partial charge on any atom is -0.497 e. The third-order valence-electron chi connectivity index (χ3n) is 9.26. The van der Waals surface area contributed by atoms with E-state index in [2.05, 4.69) is 29.9 Å². The second kappa shape index (κ2) is 18.9. The monoisotopic (exact) mass is 850 g/mol. The number of aryl methyl sites for hydroxylation is 4. The predicted molar refractivity (Wildman–Crippen MR) is 225 cm³/mol. The molecule has 308 valence electrons. The number of aromatic nitrogens is 8. The highest BCUT2D eigenvalue weighted by molar-refractivity contribution is 7.99. The summed E-state index contributed by atoms with van der Waals surface area (Å²) < 4.78 is 51.8. The van der Waals surface area contributed by atoms with Crippen LogP contribution in [0.1, 0.15) is 11.1 Å². The number of imidazole rings is 2. The summed E-state index contributed by atoms with van der Waals surface area (Å²) in [6, 6.07) is 24.0. The highest BCUT2D eigenvalue weighted by Gasteiger charge is 2.19. The molecule has 0 aliphatic heterocycles. The summed E-state index contributed by atoms with van der Waals surface area (Å²) >= 11 is 2.82. The topological polar surface area (TPSA) is 177 Å². The number of methoxy groups -OCH3 is 4. The van der Waals surface area contributed by atoms with Crippen LogP contribution in [0, 0.1) is 17.0 Å². The maximum Gasteiger partial charge on any atom is 0.175 e. The van der Waals surface area contributed by atoms with Crippen molar-refractivity contribution in [3.8, 4) is 23.0 Å². The molecule has 4 aromatic carbocycles. The lowest BCUT2D eigenvalue weighted by Crippen LogP contribution is -2.13. The Morgan fingerprint density at radius 2 is 1.27 bits per heavy atom. The summed E-state index contributed by atoms with van der Waals surface area (Å²) in [6.45, 7) is 1.19. The minimum atomic E-state index is -0.256. The van der Waals surface area contributed by atoms with Crippen molar-refractivity contribution in [2.24, 2.45) is 0 Å². The predicted octanol–water partition coefficient (Wildman–Crippen LogP) is 7.75. The van der Waals surface area contributed by atoms with Crippen LogP contribution in [0.3, 0.4) is 0 Å². The summed E-state index contributed by atoms with van der Waals surface area (Å²) in [5.41, 5.74) is 10.6. The van der Waals surface area contributed by atoms with Gasteiger partial charge in [-0.05, 0) is 108 Å². The number of hydrogen-bond acceptors (Lipinski definition) is 13. The average molecular weight is 851 g/mol. The molecule has 0 saturated heterocycles. The largest absolute Gasteiger partial charge is 0.497 e. The third-order valence-corrected chi connectivity index (χ3v) is 11.2. The summed E-state index contributed by atoms with van der Waals surface area (Å²) in [5, 5.41) is 9.44. The van der Waals surface area contributed by atoms with E-state index in [1.54, 1.807) is 59.0 Å². The van der Waals surface area contributed by atoms with Crippen molar-refractivity contribution < 1.29 is 27.7 Å². The van der Waals surface area contributed by atoms with E-state index in [1.807, 2.05) is 45.5 Å². The van der Waals surface area contributed by atoms with Crippen LogP contribution in [0.2, 0.25) is 0 Å². The maximum absolute atomic E-state index is 13.2. The number of hydrogen-bond donors (Lipinski definition) is 3. The summed E-state index contributed by atoms with van der Waals surface area (Å²) in [4.78, 5) is 26.8. The van der Waals surface area contributed by atoms with Crippen LogP contribution in [0.25, 0.3) is 22.3 Å². The number of nitrogens with two attached hydrogens (primary N) is 1. The molecule has 0 aliphatic carbocycles. The number of nitrogen functional groups attached to an aromatic ring is 1. The maximum atomic E-state index is 13.2. The van der Waals surface area contributed by atoms with Gasteiger partial charge in [-0.2, -0.15) is 0 Å². The van der Waals surface area contributed by atoms with Gasteiger partial charge < -0.3 is 38.8 Å². The number of H-pyrrole nitrogens is 1. The fourth-order valence-corrected chi connectivity index (χ4v) is 8.08. The van der Waals surface area contributed by atoms with Crippen molar-refractivity contribution >= 4 is 51.7 Å². The van der Waals surface area contributed by atoms with E-state index >= 15 is 0 Å². The molecule has 4 N–H and O–H groups in total. The zero-order chi connectivity index (χ0) is 42.2. The van der Waals surface area contributed by atoms with Crippen molar-refractivity contribution in [3.63, 3.8) is 0 Å². The summed E-state index contributed by atoms with van der Waals surface area (Å²) in [5.74, 6) is 2.65. The van der Waals surface area contributed by atoms with Crippen LogP contribution in [0.4, 0.5) is 14.6 Å². The van der Waals surface area contributed by atoms with Crippen LogP contribution < -0.4 is 30.2 Å². The van der Waals surface area contributed by atoms with E-state index in [4.69, 9.17) is 30.1 Å². The van der Waals surface area contributed by atoms with E-state index in [-0.39, 0.29) is 17.1 Å². The zero-order valence-corrected chi connectivity index (χ0v) is 34.6. The Kier molecular flexibility index (Phi) is 13.1. The fourth-order valence-electron chi connectivity index (χ4n) is 6.11. The first-order valence-electron chi connectivity index (χ1n) is 18.4. The van der Waals surface area contributed by atoms with Gasteiger partial charge in [0, 0.05) is 13.1 Å². The number of halogens is 2. The van der Waals surface area contributed by atoms with Crippen LogP contribution in [0.15, 0.2) is 118 Å². The third kappa shape index (κ3) is 9.61. The van der Waals surface area contributed by atoms with Crippen molar-refractivity contribution in [1.29, 1.82) is 5.41 Å². The van der Waals surface area contributed by atoms with Crippen LogP contribution >= 0.6 is 23.5 Å². The van der Waals surface area contributed by atoms with E-state index < -0.39 is 0 Å². The van der Waals surface area contributed by atoms with Gasteiger partial charge in [0.05, 0.1) is 44.6 Å². The Bertz CT molecular complexity index is 2800. The Hall–Kier alpha value is -6.66. The minimum absolute atomic E-state index is 0.125. The van der Waals surface area contributed by atoms with Crippen LogP contribution in [-0.4, -0.2) is 67.5 Å². The van der Waals surface area contributed by atoms with E-state index in [0.717, 1.165) is 20.9 Å². The quantitative estimate of drug-likeness (QED) is 0.0972. The van der Waals surface area contributed by atoms with Gasteiger partial charge in [-0.3, -0.25) is 5.41 Å². The molecule has 0 atom stereocenters. The number of nitrogens with zero attached hydrogens (tertiary/aromatic N) is 7. The SMILES string of the molecule is COc1ccc(OC)c(Sc2nc3c(N)ncnc3n2CCc2ccc(F)cc2)c1.COc1ccc(OC)c(Sc2nc3c([nH]2)c(=N)ncn3CCc2ccc(F)cc2)c1. The van der Waals surface area contributed by atoms with E-state index in [0.29, 0.717) is 87.4 Å². The van der Waals surface area contributed by atoms with Gasteiger partial charge in [0.15, 0.2) is 38.4 Å². The molecule has 14 nitrogen and oxygen atoms in total. The summed E-state index contributed by atoms with van der Waals surface area (Å²) in [6.07, 6.45) is 4.40. The van der Waals surface area contributed by atoms with Crippen molar-refractivity contribution in [3.05, 3.63) is 126 Å². The number of nitrogens with one attached hydrogen (secondary N) is 2. The molecule has 8 aromatic rings. The zero-order valence-electron chi connectivity index (χ0n) is 33.0. The van der Waals surface area contributed by atoms with Crippen molar-refractivity contribution in [1.82, 2.24) is 39.0 Å². The number of rotatable bonds is 14. The number of aromatic amines is 1. The number of benzene rings is 4. The molecule has 4 aromatic heterocycles. The molecule has 0 amide bonds. The Morgan fingerprint density at radius 1 is 0.683 bits per heavy atom. The number of anilines is 1. The van der Waals surface area contributed by atoms with Crippen molar-refractivity contribution in [2.45, 2.75) is 46.0 Å². The number of fused-ring (bicyclic) bond motifs is 2. The molecule has 0 unspecified atom stereocenters. The smallest absolute Gasteiger partial charge is 0.175 e. The lowest BCUT2D eigenvalue weighted by atomic mass is 10.1. The molecule has 0 radical (unpaired) electrons. The average Bonchev–Trinajstić information content (AvgIpc) is 3.86. The van der Waals surface area contributed by atoms with Gasteiger partial charge in [0.2, 0.25) is 0 Å². The van der Waals surface area contributed by atoms with Crippen molar-refractivity contribution in [2.75, 3.05) is 34.2 Å². The van der Waals surface area contributed by atoms with Crippen LogP contribution in [0.5, 0.6) is 23.0 Å².